The summed E-state index contributed by atoms with van der Waals surface area (Å²) in [5, 5.41) is 6.46. The fraction of sp³-hybridized carbons (Fsp3) is 0.105. The minimum absolute atomic E-state index is 0.272. The molecule has 26 heavy (non-hydrogen) atoms. The normalized spacial score (nSPS) is 10.2. The van der Waals surface area contributed by atoms with Gasteiger partial charge in [-0.1, -0.05) is 11.6 Å². The van der Waals surface area contributed by atoms with Gasteiger partial charge in [-0.05, 0) is 42.0 Å². The second-order valence-electron chi connectivity index (χ2n) is 5.47. The molecule has 6 nitrogen and oxygen atoms in total. The molecular formula is C19H17ClN4O2. The van der Waals surface area contributed by atoms with Crippen LogP contribution in [0.15, 0.2) is 61.2 Å². The van der Waals surface area contributed by atoms with Gasteiger partial charge in [0.25, 0.3) is 5.91 Å². The number of amides is 1. The minimum Gasteiger partial charge on any atom is -0.495 e. The first kappa shape index (κ1) is 17.7. The number of halogens is 1. The number of rotatable bonds is 6. The standard InChI is InChI=1S/C19H17ClN4O2/c1-26-18-3-2-15(9-17(18)20)24-19(25)14-8-16(12-22-11-14)23-10-13-4-6-21-7-5-13/h2-9,11-12,23H,10H2,1H3,(H,24,25). The SMILES string of the molecule is COc1ccc(NC(=O)c2cncc(NCc3ccncc3)c2)cc1Cl. The number of benzene rings is 1. The van der Waals surface area contributed by atoms with Gasteiger partial charge in [-0.3, -0.25) is 14.8 Å². The van der Waals surface area contributed by atoms with E-state index in [9.17, 15) is 4.79 Å². The van der Waals surface area contributed by atoms with Gasteiger partial charge >= 0.3 is 0 Å². The molecule has 132 valence electrons. The number of nitrogens with one attached hydrogen (secondary N) is 2. The van der Waals surface area contributed by atoms with Crippen LogP contribution in [0.25, 0.3) is 0 Å². The average molecular weight is 369 g/mol. The van der Waals surface area contributed by atoms with Gasteiger partial charge < -0.3 is 15.4 Å². The number of hydrogen-bond acceptors (Lipinski definition) is 5. The Morgan fingerprint density at radius 3 is 2.62 bits per heavy atom. The number of nitrogens with zero attached hydrogens (tertiary/aromatic N) is 2. The third-order valence-electron chi connectivity index (χ3n) is 3.66. The Morgan fingerprint density at radius 1 is 1.08 bits per heavy atom. The Hall–Kier alpha value is -3.12. The molecule has 3 aromatic rings. The maximum Gasteiger partial charge on any atom is 0.257 e. The fourth-order valence-electron chi connectivity index (χ4n) is 2.31. The van der Waals surface area contributed by atoms with Crippen LogP contribution in [0.5, 0.6) is 5.75 Å². The monoisotopic (exact) mass is 368 g/mol. The average Bonchev–Trinajstić information content (AvgIpc) is 2.67. The molecule has 7 heteroatoms. The maximum absolute atomic E-state index is 12.4. The predicted octanol–water partition coefficient (Wildman–Crippen LogP) is 4.00. The van der Waals surface area contributed by atoms with Crippen LogP contribution in [0.2, 0.25) is 5.02 Å². The molecule has 0 atom stereocenters. The van der Waals surface area contributed by atoms with E-state index in [0.717, 1.165) is 11.3 Å². The summed E-state index contributed by atoms with van der Waals surface area (Å²) in [5.41, 5.74) is 2.86. The van der Waals surface area contributed by atoms with Gasteiger partial charge in [0, 0.05) is 37.0 Å². The summed E-state index contributed by atoms with van der Waals surface area (Å²) in [4.78, 5) is 20.6. The van der Waals surface area contributed by atoms with Crippen molar-refractivity contribution in [2.24, 2.45) is 0 Å². The van der Waals surface area contributed by atoms with Crippen molar-refractivity contribution in [1.29, 1.82) is 0 Å². The molecule has 0 aliphatic rings. The van der Waals surface area contributed by atoms with E-state index in [1.165, 1.54) is 13.3 Å². The van der Waals surface area contributed by atoms with Crippen molar-refractivity contribution < 1.29 is 9.53 Å². The van der Waals surface area contributed by atoms with E-state index in [0.29, 0.717) is 28.6 Å². The molecule has 2 aromatic heterocycles. The first-order valence-corrected chi connectivity index (χ1v) is 8.26. The highest BCUT2D eigenvalue weighted by Gasteiger charge is 2.09. The molecular weight excluding hydrogens is 352 g/mol. The van der Waals surface area contributed by atoms with Crippen molar-refractivity contribution in [2.75, 3.05) is 17.7 Å². The minimum atomic E-state index is -0.272. The highest BCUT2D eigenvalue weighted by Crippen LogP contribution is 2.27. The highest BCUT2D eigenvalue weighted by molar-refractivity contribution is 6.32. The van der Waals surface area contributed by atoms with Crippen molar-refractivity contribution in [3.8, 4) is 5.75 Å². The number of hydrogen-bond donors (Lipinski definition) is 2. The molecule has 3 rings (SSSR count). The largest absolute Gasteiger partial charge is 0.495 e. The zero-order valence-corrected chi connectivity index (χ0v) is 14.8. The van der Waals surface area contributed by atoms with Crippen molar-refractivity contribution >= 4 is 28.9 Å². The zero-order valence-electron chi connectivity index (χ0n) is 14.1. The Morgan fingerprint density at radius 2 is 1.88 bits per heavy atom. The number of anilines is 2. The Bertz CT molecular complexity index is 903. The van der Waals surface area contributed by atoms with Gasteiger partial charge in [-0.15, -0.1) is 0 Å². The van der Waals surface area contributed by atoms with E-state index in [4.69, 9.17) is 16.3 Å². The van der Waals surface area contributed by atoms with E-state index in [-0.39, 0.29) is 5.91 Å². The molecule has 0 bridgehead atoms. The first-order valence-electron chi connectivity index (χ1n) is 7.88. The van der Waals surface area contributed by atoms with Crippen molar-refractivity contribution in [1.82, 2.24) is 9.97 Å². The van der Waals surface area contributed by atoms with E-state index in [1.807, 2.05) is 12.1 Å². The summed E-state index contributed by atoms with van der Waals surface area (Å²) in [5.74, 6) is 0.278. The molecule has 0 unspecified atom stereocenters. The van der Waals surface area contributed by atoms with Crippen LogP contribution in [-0.2, 0) is 6.54 Å². The Balaban J connectivity index is 1.67. The van der Waals surface area contributed by atoms with Crippen molar-refractivity contribution in [2.45, 2.75) is 6.54 Å². The lowest BCUT2D eigenvalue weighted by atomic mass is 10.2. The Labute approximate surface area is 156 Å². The van der Waals surface area contributed by atoms with Gasteiger partial charge in [0.05, 0.1) is 23.4 Å². The van der Waals surface area contributed by atoms with Crippen LogP contribution in [0, 0.1) is 0 Å². The molecule has 0 aliphatic heterocycles. The number of aromatic nitrogens is 2. The Kier molecular flexibility index (Phi) is 5.66. The maximum atomic E-state index is 12.4. The third kappa shape index (κ3) is 4.49. The number of carbonyl (C=O) groups excluding carboxylic acids is 1. The van der Waals surface area contributed by atoms with Gasteiger partial charge in [-0.25, -0.2) is 0 Å². The number of methoxy groups -OCH3 is 1. The zero-order chi connectivity index (χ0) is 18.4. The number of carbonyl (C=O) groups is 1. The smallest absolute Gasteiger partial charge is 0.257 e. The van der Waals surface area contributed by atoms with E-state index in [1.54, 1.807) is 42.9 Å². The van der Waals surface area contributed by atoms with Crippen LogP contribution < -0.4 is 15.4 Å². The molecule has 0 aliphatic carbocycles. The second-order valence-corrected chi connectivity index (χ2v) is 5.88. The van der Waals surface area contributed by atoms with Gasteiger partial charge in [0.15, 0.2) is 0 Å². The summed E-state index contributed by atoms with van der Waals surface area (Å²) >= 11 is 6.08. The fourth-order valence-corrected chi connectivity index (χ4v) is 2.57. The lowest BCUT2D eigenvalue weighted by Gasteiger charge is -2.10. The first-order chi connectivity index (χ1) is 12.7. The third-order valence-corrected chi connectivity index (χ3v) is 3.95. The van der Waals surface area contributed by atoms with Crippen LogP contribution in [0.3, 0.4) is 0 Å². The topological polar surface area (TPSA) is 76.1 Å². The van der Waals surface area contributed by atoms with Gasteiger partial charge in [-0.2, -0.15) is 0 Å². The van der Waals surface area contributed by atoms with Crippen LogP contribution in [0.4, 0.5) is 11.4 Å². The van der Waals surface area contributed by atoms with Gasteiger partial charge in [0.1, 0.15) is 5.75 Å². The summed E-state index contributed by atoms with van der Waals surface area (Å²) in [6.07, 6.45) is 6.65. The lowest BCUT2D eigenvalue weighted by Crippen LogP contribution is -2.13. The van der Waals surface area contributed by atoms with Crippen molar-refractivity contribution in [3.05, 3.63) is 77.3 Å². The molecule has 2 heterocycles. The molecule has 0 radical (unpaired) electrons. The van der Waals surface area contributed by atoms with Crippen molar-refractivity contribution in [3.63, 3.8) is 0 Å². The number of ether oxygens (including phenoxy) is 1. The van der Waals surface area contributed by atoms with E-state index >= 15 is 0 Å². The predicted molar refractivity (Wildman–Crippen MR) is 102 cm³/mol. The summed E-state index contributed by atoms with van der Waals surface area (Å²) in [7, 11) is 1.54. The van der Waals surface area contributed by atoms with Crippen LogP contribution in [-0.4, -0.2) is 23.0 Å². The summed E-state index contributed by atoms with van der Waals surface area (Å²) in [6, 6.07) is 10.6. The quantitative estimate of drug-likeness (QED) is 0.687. The summed E-state index contributed by atoms with van der Waals surface area (Å²) in [6.45, 7) is 0.614. The van der Waals surface area contributed by atoms with Gasteiger partial charge in [0.2, 0.25) is 0 Å². The molecule has 0 fully saturated rings. The molecule has 0 saturated carbocycles. The van der Waals surface area contributed by atoms with Crippen LogP contribution in [0.1, 0.15) is 15.9 Å². The molecule has 1 aromatic carbocycles. The lowest BCUT2D eigenvalue weighted by molar-refractivity contribution is 0.102. The molecule has 0 saturated heterocycles. The number of pyridine rings is 2. The molecule has 0 spiro atoms. The molecule has 2 N–H and O–H groups in total. The van der Waals surface area contributed by atoms with Crippen LogP contribution >= 0.6 is 11.6 Å². The van der Waals surface area contributed by atoms with E-state index in [2.05, 4.69) is 20.6 Å². The molecule has 1 amide bonds. The summed E-state index contributed by atoms with van der Waals surface area (Å²) < 4.78 is 5.10. The highest BCUT2D eigenvalue weighted by atomic mass is 35.5. The van der Waals surface area contributed by atoms with E-state index < -0.39 is 0 Å². The second kappa shape index (κ2) is 8.31.